The van der Waals surface area contributed by atoms with Gasteiger partial charge in [-0.1, -0.05) is 25.4 Å². The Kier molecular flexibility index (Phi) is 10.2. The molecule has 15 nitrogen and oxygen atoms in total. The molecule has 0 radical (unpaired) electrons. The van der Waals surface area contributed by atoms with E-state index in [4.69, 9.17) is 40.4 Å². The lowest BCUT2D eigenvalue weighted by Crippen LogP contribution is -2.50. The highest BCUT2D eigenvalue weighted by molar-refractivity contribution is 7.48. The molecule has 1 aliphatic rings. The van der Waals surface area contributed by atoms with Crippen molar-refractivity contribution >= 4 is 48.4 Å². The summed E-state index contributed by atoms with van der Waals surface area (Å²) in [5.74, 6) is -1.11. The normalized spacial score (nSPS) is 21.9. The van der Waals surface area contributed by atoms with Gasteiger partial charge < -0.3 is 25.6 Å². The highest BCUT2D eigenvalue weighted by Gasteiger charge is 2.49. The number of aliphatic hydroxyl groups is 1. The minimum absolute atomic E-state index is 0.0171. The van der Waals surface area contributed by atoms with Crippen molar-refractivity contribution in [2.75, 3.05) is 32.1 Å². The maximum atomic E-state index is 13.2. The van der Waals surface area contributed by atoms with Crippen LogP contribution in [0.3, 0.4) is 0 Å². The maximum Gasteiger partial charge on any atom is 0.475 e. The highest BCUT2D eigenvalue weighted by atomic mass is 35.5. The van der Waals surface area contributed by atoms with Crippen molar-refractivity contribution in [1.29, 1.82) is 0 Å². The number of carbonyl (C=O) groups is 2. The molecule has 0 aliphatic carbocycles. The van der Waals surface area contributed by atoms with Crippen LogP contribution in [-0.4, -0.2) is 80.7 Å². The number of carbonyl (C=O) groups excluding carboxylic acids is 2. The number of aromatic nitrogens is 4. The van der Waals surface area contributed by atoms with E-state index < -0.39 is 43.0 Å². The number of nitrogens with two attached hydrogens (primary N) is 1. The first-order chi connectivity index (χ1) is 18.5. The van der Waals surface area contributed by atoms with Crippen LogP contribution in [0.25, 0.3) is 11.2 Å². The maximum absolute atomic E-state index is 13.2. The molecule has 1 aliphatic heterocycles. The molecule has 1 amide bonds. The largest absolute Gasteiger partial charge is 0.475 e. The Morgan fingerprint density at radius 1 is 1.35 bits per heavy atom. The first-order valence-corrected chi connectivity index (χ1v) is 14.4. The molecule has 0 aromatic carbocycles. The number of hydrogen-bond donors (Lipinski definition) is 3. The van der Waals surface area contributed by atoms with Gasteiger partial charge in [-0.2, -0.15) is 9.97 Å². The first-order valence-electron chi connectivity index (χ1n) is 12.6. The van der Waals surface area contributed by atoms with Gasteiger partial charge in [0.25, 0.3) is 0 Å². The van der Waals surface area contributed by atoms with Crippen LogP contribution in [0.5, 0.6) is 0 Å². The standard InChI is InChI=1S/C23H36ClN6O9P/c1-13(2)38-14(31)7-8-26-19(32)16-22(3,4)11-37-40(34,39-16)36-10-9-35-20(23(5,6)33)30-12-27-15-17(24)28-21(25)29-18(15)30/h12-13,16,20,33H,7-11H2,1-6H3,(H,26,32)(H2,25,28,29)/t16-,20+,40?/m0/s1. The summed E-state index contributed by atoms with van der Waals surface area (Å²) < 4.78 is 41.8. The second kappa shape index (κ2) is 12.6. The van der Waals surface area contributed by atoms with Crippen LogP contribution in [0.1, 0.15) is 54.2 Å². The van der Waals surface area contributed by atoms with Crippen LogP contribution in [0.15, 0.2) is 6.33 Å². The van der Waals surface area contributed by atoms with Gasteiger partial charge in [0.15, 0.2) is 23.1 Å². The lowest BCUT2D eigenvalue weighted by molar-refractivity contribution is -0.148. The highest BCUT2D eigenvalue weighted by Crippen LogP contribution is 2.57. The number of imidazole rings is 1. The Hall–Kier alpha value is -2.39. The van der Waals surface area contributed by atoms with Crippen molar-refractivity contribution in [3.05, 3.63) is 11.5 Å². The lowest BCUT2D eigenvalue weighted by atomic mass is 9.87. The van der Waals surface area contributed by atoms with E-state index >= 15 is 0 Å². The third kappa shape index (κ3) is 8.09. The molecule has 0 spiro atoms. The van der Waals surface area contributed by atoms with E-state index in [-0.39, 0.29) is 61.2 Å². The fraction of sp³-hybridized carbons (Fsp3) is 0.696. The molecule has 17 heteroatoms. The Labute approximate surface area is 236 Å². The predicted octanol–water partition coefficient (Wildman–Crippen LogP) is 2.37. The summed E-state index contributed by atoms with van der Waals surface area (Å²) >= 11 is 6.10. The zero-order chi connectivity index (χ0) is 29.9. The average molecular weight is 607 g/mol. The topological polar surface area (TPSA) is 199 Å². The van der Waals surface area contributed by atoms with Gasteiger partial charge in [-0.05, 0) is 27.7 Å². The van der Waals surface area contributed by atoms with Gasteiger partial charge >= 0.3 is 13.8 Å². The summed E-state index contributed by atoms with van der Waals surface area (Å²) in [6, 6.07) is 0. The number of rotatable bonds is 12. The van der Waals surface area contributed by atoms with Gasteiger partial charge in [0, 0.05) is 12.0 Å². The first kappa shape index (κ1) is 32.1. The minimum Gasteiger partial charge on any atom is -0.463 e. The second-order valence-electron chi connectivity index (χ2n) is 10.7. The molecule has 3 rings (SSSR count). The van der Waals surface area contributed by atoms with E-state index in [1.54, 1.807) is 27.7 Å². The quantitative estimate of drug-likeness (QED) is 0.138. The Balaban J connectivity index is 1.60. The molecule has 0 saturated carbocycles. The number of ether oxygens (including phenoxy) is 2. The summed E-state index contributed by atoms with van der Waals surface area (Å²) in [6.45, 7) is 9.39. The van der Waals surface area contributed by atoms with Crippen LogP contribution in [-0.2, 0) is 37.2 Å². The van der Waals surface area contributed by atoms with Gasteiger partial charge in [-0.15, -0.1) is 0 Å². The van der Waals surface area contributed by atoms with Crippen molar-refractivity contribution in [2.45, 2.75) is 72.0 Å². The molecule has 40 heavy (non-hydrogen) atoms. The van der Waals surface area contributed by atoms with Crippen LogP contribution in [0.4, 0.5) is 5.95 Å². The monoisotopic (exact) mass is 606 g/mol. The Morgan fingerprint density at radius 2 is 2.05 bits per heavy atom. The third-order valence-corrected chi connectivity index (χ3v) is 7.31. The number of fused-ring (bicyclic) bond motifs is 1. The van der Waals surface area contributed by atoms with Gasteiger partial charge in [-0.25, -0.2) is 9.55 Å². The zero-order valence-corrected chi connectivity index (χ0v) is 24.9. The molecule has 1 saturated heterocycles. The number of nitrogens with one attached hydrogen (secondary N) is 1. The van der Waals surface area contributed by atoms with E-state index in [0.29, 0.717) is 0 Å². The summed E-state index contributed by atoms with van der Waals surface area (Å²) in [7, 11) is -4.16. The SMILES string of the molecule is CC(C)OC(=O)CCNC(=O)[C@@H]1OP(=O)(OCCO[C@@H](n2cnc3c(Cl)nc(N)nc32)C(C)(C)O)OCC1(C)C. The fourth-order valence-electron chi connectivity index (χ4n) is 3.80. The van der Waals surface area contributed by atoms with Gasteiger partial charge in [-0.3, -0.25) is 27.7 Å². The number of halogens is 1. The van der Waals surface area contributed by atoms with Gasteiger partial charge in [0.2, 0.25) is 11.9 Å². The molecule has 0 bridgehead atoms. The number of amides is 1. The summed E-state index contributed by atoms with van der Waals surface area (Å²) in [4.78, 5) is 36.7. The van der Waals surface area contributed by atoms with Crippen molar-refractivity contribution in [3.63, 3.8) is 0 Å². The molecular weight excluding hydrogens is 571 g/mol. The molecule has 2 aromatic rings. The van der Waals surface area contributed by atoms with Crippen LogP contribution in [0, 0.1) is 5.41 Å². The van der Waals surface area contributed by atoms with Crippen LogP contribution < -0.4 is 11.1 Å². The van der Waals surface area contributed by atoms with E-state index in [2.05, 4.69) is 20.3 Å². The van der Waals surface area contributed by atoms with Crippen molar-refractivity contribution in [2.24, 2.45) is 5.41 Å². The van der Waals surface area contributed by atoms with Crippen molar-refractivity contribution in [3.8, 4) is 0 Å². The smallest absolute Gasteiger partial charge is 0.463 e. The Bertz CT molecular complexity index is 1270. The van der Waals surface area contributed by atoms with Crippen LogP contribution in [0.2, 0.25) is 5.15 Å². The molecule has 2 aromatic heterocycles. The van der Waals surface area contributed by atoms with Gasteiger partial charge in [0.1, 0.15) is 11.1 Å². The van der Waals surface area contributed by atoms with E-state index in [1.807, 2.05) is 0 Å². The summed E-state index contributed by atoms with van der Waals surface area (Å²) in [6.07, 6.45) is -1.13. The number of phosphoric ester groups is 1. The van der Waals surface area contributed by atoms with E-state index in [9.17, 15) is 19.3 Å². The molecule has 1 fully saturated rings. The number of phosphoric acid groups is 1. The molecule has 224 valence electrons. The summed E-state index contributed by atoms with van der Waals surface area (Å²) in [5, 5.41) is 13.4. The number of hydrogen-bond acceptors (Lipinski definition) is 13. The molecular formula is C23H36ClN6O9P. The lowest BCUT2D eigenvalue weighted by Gasteiger charge is -2.39. The number of anilines is 1. The average Bonchev–Trinajstić information content (AvgIpc) is 3.23. The van der Waals surface area contributed by atoms with Crippen LogP contribution >= 0.6 is 19.4 Å². The molecule has 1 unspecified atom stereocenters. The van der Waals surface area contributed by atoms with E-state index in [0.717, 1.165) is 0 Å². The second-order valence-corrected chi connectivity index (χ2v) is 12.7. The Morgan fingerprint density at radius 3 is 2.70 bits per heavy atom. The van der Waals surface area contributed by atoms with Crippen molar-refractivity contribution in [1.82, 2.24) is 24.8 Å². The third-order valence-electron chi connectivity index (χ3n) is 5.63. The summed E-state index contributed by atoms with van der Waals surface area (Å²) in [5.41, 5.74) is 3.95. The van der Waals surface area contributed by atoms with Crippen molar-refractivity contribution < 1.29 is 42.3 Å². The fourth-order valence-corrected chi connectivity index (χ4v) is 5.64. The number of nitrogen functional groups attached to an aromatic ring is 1. The number of esters is 1. The minimum atomic E-state index is -4.16. The predicted molar refractivity (Wildman–Crippen MR) is 143 cm³/mol. The molecule has 3 heterocycles. The molecule has 4 N–H and O–H groups in total. The molecule has 3 atom stereocenters. The van der Waals surface area contributed by atoms with Gasteiger partial charge in [0.05, 0.1) is 38.7 Å². The number of nitrogens with zero attached hydrogens (tertiary/aromatic N) is 4. The van der Waals surface area contributed by atoms with E-state index in [1.165, 1.54) is 24.7 Å². The zero-order valence-electron chi connectivity index (χ0n) is 23.2.